The average molecular weight is 355 g/mol. The summed E-state index contributed by atoms with van der Waals surface area (Å²) >= 11 is 0. The lowest BCUT2D eigenvalue weighted by atomic mass is 10.2. The van der Waals surface area contributed by atoms with Gasteiger partial charge in [0.25, 0.3) is 0 Å². The molecule has 4 aromatic rings. The van der Waals surface area contributed by atoms with Crippen LogP contribution in [0.2, 0.25) is 0 Å². The molecule has 0 unspecified atom stereocenters. The maximum absolute atomic E-state index is 13.4. The molecule has 0 saturated heterocycles. The van der Waals surface area contributed by atoms with Gasteiger partial charge in [-0.25, -0.2) is 19.3 Å². The minimum absolute atomic E-state index is 0.179. The molecule has 0 fully saturated rings. The van der Waals surface area contributed by atoms with Crippen molar-refractivity contribution in [3.63, 3.8) is 0 Å². The number of aromatic amines is 1. The van der Waals surface area contributed by atoms with E-state index in [4.69, 9.17) is 5.73 Å². The van der Waals surface area contributed by atoms with E-state index in [0.717, 1.165) is 18.1 Å². The number of aromatic nitrogens is 7. The molecule has 10 heteroatoms. The Morgan fingerprint density at radius 3 is 2.92 bits per heavy atom. The quantitative estimate of drug-likeness (QED) is 0.441. The molecule has 0 amide bonds. The third-order valence-corrected chi connectivity index (χ3v) is 4.02. The molecule has 3 heterocycles. The highest BCUT2D eigenvalue weighted by molar-refractivity contribution is 5.92. The van der Waals surface area contributed by atoms with Gasteiger partial charge in [0.2, 0.25) is 5.95 Å². The normalized spacial score (nSPS) is 11.6. The number of aryl methyl sites for hydroxylation is 1. The number of hydrogen-bond acceptors (Lipinski definition) is 7. The van der Waals surface area contributed by atoms with Crippen molar-refractivity contribution in [2.24, 2.45) is 0 Å². The molecule has 0 aliphatic rings. The van der Waals surface area contributed by atoms with E-state index < -0.39 is 0 Å². The Hall–Kier alpha value is -3.14. The van der Waals surface area contributed by atoms with Gasteiger partial charge >= 0.3 is 0 Å². The SMILES string of the molecule is CCc1n[nH]c(CNCCc2nc3c4ccc(F)cc4nc(N)n3n2)n1. The number of anilines is 1. The Bertz CT molecular complexity index is 1070. The van der Waals surface area contributed by atoms with E-state index >= 15 is 0 Å². The fourth-order valence-electron chi connectivity index (χ4n) is 2.73. The molecule has 26 heavy (non-hydrogen) atoms. The molecule has 9 nitrogen and oxygen atoms in total. The molecule has 4 rings (SSSR count). The Labute approximate surface area is 147 Å². The molecular weight excluding hydrogens is 337 g/mol. The summed E-state index contributed by atoms with van der Waals surface area (Å²) in [7, 11) is 0. The van der Waals surface area contributed by atoms with Crippen LogP contribution in [0.5, 0.6) is 0 Å². The van der Waals surface area contributed by atoms with E-state index in [1.54, 1.807) is 6.07 Å². The van der Waals surface area contributed by atoms with Crippen LogP contribution >= 0.6 is 0 Å². The summed E-state index contributed by atoms with van der Waals surface area (Å²) in [4.78, 5) is 13.1. The summed E-state index contributed by atoms with van der Waals surface area (Å²) in [6.45, 7) is 3.26. The maximum atomic E-state index is 13.4. The Kier molecular flexibility index (Phi) is 4.17. The first-order valence-electron chi connectivity index (χ1n) is 8.35. The summed E-state index contributed by atoms with van der Waals surface area (Å²) in [5, 5.41) is 15.4. The molecule has 0 bridgehead atoms. The van der Waals surface area contributed by atoms with Crippen molar-refractivity contribution in [2.75, 3.05) is 12.3 Å². The van der Waals surface area contributed by atoms with Gasteiger partial charge in [0, 0.05) is 30.8 Å². The van der Waals surface area contributed by atoms with Crippen molar-refractivity contribution >= 4 is 22.5 Å². The lowest BCUT2D eigenvalue weighted by Crippen LogP contribution is -2.18. The molecule has 1 aromatic carbocycles. The maximum Gasteiger partial charge on any atom is 0.223 e. The zero-order valence-electron chi connectivity index (χ0n) is 14.2. The fourth-order valence-corrected chi connectivity index (χ4v) is 2.73. The number of nitrogens with zero attached hydrogens (tertiary/aromatic N) is 6. The predicted octanol–water partition coefficient (Wildman–Crippen LogP) is 1.01. The number of nitrogens with two attached hydrogens (primary N) is 1. The standard InChI is InChI=1S/C16H18FN9/c1-2-12-21-14(24-23-12)8-19-6-5-13-22-15-10-4-3-9(17)7-11(10)20-16(18)26(15)25-13/h3-4,7,19H,2,5-6,8H2,1H3,(H2,18,20)(H,21,23,24). The van der Waals surface area contributed by atoms with Crippen LogP contribution in [0.3, 0.4) is 0 Å². The number of H-pyrrole nitrogens is 1. The minimum Gasteiger partial charge on any atom is -0.368 e. The molecule has 3 aromatic heterocycles. The molecule has 0 saturated carbocycles. The molecule has 0 aliphatic heterocycles. The van der Waals surface area contributed by atoms with Gasteiger partial charge in [-0.1, -0.05) is 6.92 Å². The lowest BCUT2D eigenvalue weighted by Gasteiger charge is -2.01. The van der Waals surface area contributed by atoms with Crippen molar-refractivity contribution in [1.29, 1.82) is 0 Å². The number of halogens is 1. The van der Waals surface area contributed by atoms with Crippen LogP contribution in [0.25, 0.3) is 16.6 Å². The Morgan fingerprint density at radius 1 is 1.23 bits per heavy atom. The van der Waals surface area contributed by atoms with Crippen LogP contribution in [-0.2, 0) is 19.4 Å². The van der Waals surface area contributed by atoms with Gasteiger partial charge < -0.3 is 11.1 Å². The van der Waals surface area contributed by atoms with E-state index in [9.17, 15) is 4.39 Å². The summed E-state index contributed by atoms with van der Waals surface area (Å²) in [6.07, 6.45) is 1.41. The van der Waals surface area contributed by atoms with E-state index in [0.29, 0.717) is 41.9 Å². The smallest absolute Gasteiger partial charge is 0.223 e. The van der Waals surface area contributed by atoms with Crippen molar-refractivity contribution in [3.8, 4) is 0 Å². The summed E-state index contributed by atoms with van der Waals surface area (Å²) < 4.78 is 14.9. The van der Waals surface area contributed by atoms with E-state index in [1.165, 1.54) is 16.6 Å². The topological polar surface area (TPSA) is 123 Å². The van der Waals surface area contributed by atoms with Crippen LogP contribution in [-0.4, -0.2) is 41.3 Å². The number of benzene rings is 1. The number of hydrogen-bond donors (Lipinski definition) is 3. The molecule has 0 radical (unpaired) electrons. The van der Waals surface area contributed by atoms with Gasteiger partial charge in [-0.05, 0) is 12.1 Å². The third-order valence-electron chi connectivity index (χ3n) is 4.02. The summed E-state index contributed by atoms with van der Waals surface area (Å²) in [5.41, 5.74) is 6.96. The second kappa shape index (κ2) is 6.64. The van der Waals surface area contributed by atoms with E-state index in [2.05, 4.69) is 35.6 Å². The Balaban J connectivity index is 1.48. The van der Waals surface area contributed by atoms with Crippen molar-refractivity contribution in [1.82, 2.24) is 40.1 Å². The van der Waals surface area contributed by atoms with Crippen LogP contribution < -0.4 is 11.1 Å². The van der Waals surface area contributed by atoms with Gasteiger partial charge in [0.15, 0.2) is 11.5 Å². The number of nitrogen functional groups attached to an aromatic ring is 1. The molecule has 0 aliphatic carbocycles. The highest BCUT2D eigenvalue weighted by Gasteiger charge is 2.12. The summed E-state index contributed by atoms with van der Waals surface area (Å²) in [5.74, 6) is 2.05. The zero-order chi connectivity index (χ0) is 18.1. The Morgan fingerprint density at radius 2 is 2.12 bits per heavy atom. The first-order valence-corrected chi connectivity index (χ1v) is 8.35. The second-order valence-electron chi connectivity index (χ2n) is 5.87. The number of nitrogens with one attached hydrogen (secondary N) is 2. The molecule has 0 spiro atoms. The average Bonchev–Trinajstić information content (AvgIpc) is 3.26. The highest BCUT2D eigenvalue weighted by atomic mass is 19.1. The van der Waals surface area contributed by atoms with Gasteiger partial charge in [0.05, 0.1) is 12.1 Å². The molecule has 4 N–H and O–H groups in total. The van der Waals surface area contributed by atoms with Crippen molar-refractivity contribution in [3.05, 3.63) is 41.5 Å². The molecule has 0 atom stereocenters. The van der Waals surface area contributed by atoms with Crippen LogP contribution in [0.1, 0.15) is 24.4 Å². The van der Waals surface area contributed by atoms with Gasteiger partial charge in [-0.2, -0.15) is 9.61 Å². The molecular formula is C16H18FN9. The fraction of sp³-hybridized carbons (Fsp3) is 0.312. The zero-order valence-corrected chi connectivity index (χ0v) is 14.2. The predicted molar refractivity (Wildman–Crippen MR) is 93.8 cm³/mol. The second-order valence-corrected chi connectivity index (χ2v) is 5.87. The van der Waals surface area contributed by atoms with Crippen molar-refractivity contribution < 1.29 is 4.39 Å². The number of fused-ring (bicyclic) bond motifs is 3. The van der Waals surface area contributed by atoms with Crippen LogP contribution in [0, 0.1) is 5.82 Å². The third kappa shape index (κ3) is 3.06. The van der Waals surface area contributed by atoms with Crippen LogP contribution in [0.15, 0.2) is 18.2 Å². The molecule has 134 valence electrons. The van der Waals surface area contributed by atoms with Gasteiger partial charge in [-0.3, -0.25) is 5.10 Å². The summed E-state index contributed by atoms with van der Waals surface area (Å²) in [6, 6.07) is 4.35. The minimum atomic E-state index is -0.365. The van der Waals surface area contributed by atoms with E-state index in [1.807, 2.05) is 6.92 Å². The monoisotopic (exact) mass is 355 g/mol. The van der Waals surface area contributed by atoms with Crippen LogP contribution in [0.4, 0.5) is 10.3 Å². The lowest BCUT2D eigenvalue weighted by molar-refractivity contribution is 0.629. The first kappa shape index (κ1) is 16.3. The van der Waals surface area contributed by atoms with Gasteiger partial charge in [-0.15, -0.1) is 5.10 Å². The van der Waals surface area contributed by atoms with Crippen molar-refractivity contribution in [2.45, 2.75) is 26.3 Å². The van der Waals surface area contributed by atoms with Gasteiger partial charge in [0.1, 0.15) is 17.5 Å². The largest absolute Gasteiger partial charge is 0.368 e. The first-order chi connectivity index (χ1) is 12.6. The number of rotatable bonds is 6. The highest BCUT2D eigenvalue weighted by Crippen LogP contribution is 2.20. The van der Waals surface area contributed by atoms with E-state index in [-0.39, 0.29) is 11.8 Å².